The lowest BCUT2D eigenvalue weighted by molar-refractivity contribution is -0.132. The quantitative estimate of drug-likeness (QED) is 0.0578. The van der Waals surface area contributed by atoms with E-state index in [2.05, 4.69) is 24.0 Å². The van der Waals surface area contributed by atoms with E-state index in [1.54, 1.807) is 30.3 Å². The van der Waals surface area contributed by atoms with Crippen molar-refractivity contribution >= 4 is 57.3 Å². The summed E-state index contributed by atoms with van der Waals surface area (Å²) in [4.78, 5) is 28.3. The summed E-state index contributed by atoms with van der Waals surface area (Å²) < 4.78 is 25.8. The lowest BCUT2D eigenvalue weighted by Gasteiger charge is -2.23. The second-order valence-corrected chi connectivity index (χ2v) is 13.0. The summed E-state index contributed by atoms with van der Waals surface area (Å²) in [6, 6.07) is 16.5. The molecule has 12 heteroatoms. The van der Waals surface area contributed by atoms with Gasteiger partial charge in [-0.05, 0) is 72.0 Å². The standard InChI is InChI=1S/C32H29ClFN3O5S2/c1-18(2)14-15-42-24-13-8-21(16-25(24)41-3)27-26(28(38)20-6-11-23(34)12-7-20)29(39)30(40)37(27)31-35-36-32(44-31)43-17-19-4-9-22(33)10-5-19/h4-13,16,18,27,38H,14-15,17H2,1-3H3/b28-26-. The normalized spacial score (nSPS) is 16.1. The van der Waals surface area contributed by atoms with Crippen LogP contribution in [0, 0.1) is 11.7 Å². The maximum atomic E-state index is 13.7. The Hall–Kier alpha value is -3.93. The van der Waals surface area contributed by atoms with E-state index in [1.807, 2.05) is 12.1 Å². The molecule has 1 unspecified atom stereocenters. The Balaban J connectivity index is 1.54. The van der Waals surface area contributed by atoms with Crippen molar-refractivity contribution in [1.82, 2.24) is 10.2 Å². The predicted molar refractivity (Wildman–Crippen MR) is 170 cm³/mol. The molecule has 1 aliphatic heterocycles. The Morgan fingerprint density at radius 2 is 1.80 bits per heavy atom. The molecule has 4 aromatic rings. The number of halogens is 2. The summed E-state index contributed by atoms with van der Waals surface area (Å²) in [5, 5.41) is 20.7. The van der Waals surface area contributed by atoms with Gasteiger partial charge in [0.15, 0.2) is 15.8 Å². The first-order chi connectivity index (χ1) is 21.2. The average molecular weight is 654 g/mol. The van der Waals surface area contributed by atoms with Crippen molar-refractivity contribution in [3.05, 3.63) is 99.8 Å². The highest BCUT2D eigenvalue weighted by Gasteiger charge is 2.48. The molecule has 0 aliphatic carbocycles. The van der Waals surface area contributed by atoms with Gasteiger partial charge in [0.1, 0.15) is 11.6 Å². The van der Waals surface area contributed by atoms with Gasteiger partial charge in [-0.3, -0.25) is 14.5 Å². The number of hydrogen-bond acceptors (Lipinski definition) is 9. The number of ether oxygens (including phenoxy) is 2. The maximum absolute atomic E-state index is 13.7. The number of anilines is 1. The van der Waals surface area contributed by atoms with Gasteiger partial charge in [0.2, 0.25) is 5.13 Å². The van der Waals surface area contributed by atoms with Crippen molar-refractivity contribution in [2.45, 2.75) is 36.4 Å². The Morgan fingerprint density at radius 1 is 1.07 bits per heavy atom. The Labute approximate surface area is 267 Å². The summed E-state index contributed by atoms with van der Waals surface area (Å²) in [7, 11) is 1.50. The van der Waals surface area contributed by atoms with Crippen LogP contribution >= 0.6 is 34.7 Å². The number of benzene rings is 3. The molecule has 0 radical (unpaired) electrons. The van der Waals surface area contributed by atoms with Crippen LogP contribution in [0.3, 0.4) is 0 Å². The summed E-state index contributed by atoms with van der Waals surface area (Å²) in [5.41, 5.74) is 1.53. The van der Waals surface area contributed by atoms with Crippen LogP contribution in [0.1, 0.15) is 43.0 Å². The van der Waals surface area contributed by atoms with Gasteiger partial charge in [-0.25, -0.2) is 4.39 Å². The fourth-order valence-corrected chi connectivity index (χ4v) is 6.52. The van der Waals surface area contributed by atoms with E-state index in [-0.39, 0.29) is 16.3 Å². The SMILES string of the molecule is COc1cc(C2/C(=C(/O)c3ccc(F)cc3)C(=O)C(=O)N2c2nnc(SCc3ccc(Cl)cc3)s2)ccc1OCCC(C)C. The average Bonchev–Trinajstić information content (AvgIpc) is 3.58. The lowest BCUT2D eigenvalue weighted by Crippen LogP contribution is -2.29. The van der Waals surface area contributed by atoms with Crippen molar-refractivity contribution in [3.8, 4) is 11.5 Å². The number of hydrogen-bond donors (Lipinski definition) is 1. The van der Waals surface area contributed by atoms with Crippen LogP contribution in [0.4, 0.5) is 9.52 Å². The molecule has 1 saturated heterocycles. The van der Waals surface area contributed by atoms with E-state index in [0.29, 0.717) is 44.7 Å². The lowest BCUT2D eigenvalue weighted by atomic mass is 9.95. The van der Waals surface area contributed by atoms with Gasteiger partial charge >= 0.3 is 5.91 Å². The minimum Gasteiger partial charge on any atom is -0.507 e. The molecule has 1 fully saturated rings. The van der Waals surface area contributed by atoms with Gasteiger partial charge in [-0.1, -0.05) is 66.7 Å². The minimum absolute atomic E-state index is 0.164. The fraction of sp³-hybridized carbons (Fsp3) is 0.250. The third-order valence-electron chi connectivity index (χ3n) is 6.90. The van der Waals surface area contributed by atoms with Crippen LogP contribution in [-0.2, 0) is 15.3 Å². The zero-order valence-electron chi connectivity index (χ0n) is 24.1. The van der Waals surface area contributed by atoms with Crippen molar-refractivity contribution in [2.24, 2.45) is 5.92 Å². The van der Waals surface area contributed by atoms with Crippen LogP contribution in [-0.4, -0.2) is 40.7 Å². The van der Waals surface area contributed by atoms with E-state index in [1.165, 1.54) is 48.0 Å². The molecule has 44 heavy (non-hydrogen) atoms. The first-order valence-electron chi connectivity index (χ1n) is 13.7. The Bertz CT molecular complexity index is 1690. The van der Waals surface area contributed by atoms with E-state index in [0.717, 1.165) is 23.3 Å². The zero-order valence-corrected chi connectivity index (χ0v) is 26.5. The van der Waals surface area contributed by atoms with E-state index >= 15 is 0 Å². The van der Waals surface area contributed by atoms with Crippen molar-refractivity contribution < 1.29 is 28.6 Å². The molecule has 1 aliphatic rings. The number of aliphatic hydroxyl groups is 1. The number of ketones is 1. The van der Waals surface area contributed by atoms with Gasteiger partial charge in [-0.2, -0.15) is 0 Å². The number of Topliss-reactive ketones (excluding diaryl/α,β-unsaturated/α-hetero) is 1. The summed E-state index contributed by atoms with van der Waals surface area (Å²) >= 11 is 8.57. The Morgan fingerprint density at radius 3 is 2.48 bits per heavy atom. The summed E-state index contributed by atoms with van der Waals surface area (Å²) in [6.07, 6.45) is 0.845. The third-order valence-corrected chi connectivity index (χ3v) is 9.27. The largest absolute Gasteiger partial charge is 0.507 e. The van der Waals surface area contributed by atoms with Crippen molar-refractivity contribution in [2.75, 3.05) is 18.6 Å². The van der Waals surface area contributed by atoms with Crippen LogP contribution < -0.4 is 14.4 Å². The van der Waals surface area contributed by atoms with Gasteiger partial charge in [0, 0.05) is 16.3 Å². The molecule has 1 N–H and O–H groups in total. The highest BCUT2D eigenvalue weighted by atomic mass is 35.5. The topological polar surface area (TPSA) is 102 Å². The van der Waals surface area contributed by atoms with Crippen LogP contribution in [0.25, 0.3) is 5.76 Å². The predicted octanol–water partition coefficient (Wildman–Crippen LogP) is 7.68. The Kier molecular flexibility index (Phi) is 9.87. The number of thioether (sulfide) groups is 1. The van der Waals surface area contributed by atoms with Crippen molar-refractivity contribution in [3.63, 3.8) is 0 Å². The molecule has 0 saturated carbocycles. The van der Waals surface area contributed by atoms with Crippen LogP contribution in [0.2, 0.25) is 5.02 Å². The number of rotatable bonds is 11. The van der Waals surface area contributed by atoms with Gasteiger partial charge in [0.05, 0.1) is 25.3 Å². The summed E-state index contributed by atoms with van der Waals surface area (Å²) in [5.74, 6) is -0.776. The molecule has 1 amide bonds. The molecule has 8 nitrogen and oxygen atoms in total. The second kappa shape index (κ2) is 13.8. The van der Waals surface area contributed by atoms with Gasteiger partial charge in [0.25, 0.3) is 5.78 Å². The second-order valence-electron chi connectivity index (χ2n) is 10.4. The zero-order chi connectivity index (χ0) is 31.4. The number of carbonyl (C=O) groups excluding carboxylic acids is 2. The molecule has 0 bridgehead atoms. The first kappa shape index (κ1) is 31.5. The monoisotopic (exact) mass is 653 g/mol. The number of methoxy groups -OCH3 is 1. The van der Waals surface area contributed by atoms with E-state index in [9.17, 15) is 19.1 Å². The minimum atomic E-state index is -1.07. The number of amides is 1. The smallest absolute Gasteiger partial charge is 0.301 e. The molecule has 2 heterocycles. The van der Waals surface area contributed by atoms with Gasteiger partial charge < -0.3 is 14.6 Å². The number of carbonyl (C=O) groups is 2. The van der Waals surface area contributed by atoms with Crippen LogP contribution in [0.5, 0.6) is 11.5 Å². The maximum Gasteiger partial charge on any atom is 0.301 e. The number of aliphatic hydroxyl groups excluding tert-OH is 1. The molecule has 5 rings (SSSR count). The number of nitrogens with zero attached hydrogens (tertiary/aromatic N) is 3. The molecular weight excluding hydrogens is 625 g/mol. The highest BCUT2D eigenvalue weighted by molar-refractivity contribution is 8.00. The summed E-state index contributed by atoms with van der Waals surface area (Å²) in [6.45, 7) is 4.68. The van der Waals surface area contributed by atoms with E-state index < -0.39 is 29.3 Å². The van der Waals surface area contributed by atoms with E-state index in [4.69, 9.17) is 21.1 Å². The van der Waals surface area contributed by atoms with Gasteiger partial charge in [-0.15, -0.1) is 10.2 Å². The number of aromatic nitrogens is 2. The molecule has 228 valence electrons. The third kappa shape index (κ3) is 6.90. The molecule has 1 atom stereocenters. The molecule has 0 spiro atoms. The highest BCUT2D eigenvalue weighted by Crippen LogP contribution is 2.45. The molecular formula is C32H29ClFN3O5S2. The fourth-order valence-electron chi connectivity index (χ4n) is 4.57. The van der Waals surface area contributed by atoms with Crippen molar-refractivity contribution in [1.29, 1.82) is 0 Å². The first-order valence-corrected chi connectivity index (χ1v) is 15.9. The van der Waals surface area contributed by atoms with Crippen LogP contribution in [0.15, 0.2) is 76.6 Å². The molecule has 1 aromatic heterocycles. The molecule has 3 aromatic carbocycles.